The molecule has 1 heterocycles. The molecular formula is C19H21N3OS. The van der Waals surface area contributed by atoms with E-state index in [0.717, 1.165) is 28.1 Å². The predicted octanol–water partition coefficient (Wildman–Crippen LogP) is 3.22. The smallest absolute Gasteiger partial charge is 0.226 e. The Labute approximate surface area is 145 Å². The number of nitrogens with zero attached hydrogens (tertiary/aromatic N) is 1. The lowest BCUT2D eigenvalue weighted by molar-refractivity contribution is -0.121. The van der Waals surface area contributed by atoms with E-state index in [1.165, 1.54) is 5.39 Å². The van der Waals surface area contributed by atoms with Gasteiger partial charge in [0.15, 0.2) is 0 Å². The first kappa shape index (κ1) is 16.6. The number of benzene rings is 2. The van der Waals surface area contributed by atoms with Crippen molar-refractivity contribution in [2.75, 3.05) is 6.54 Å². The maximum absolute atomic E-state index is 12.3. The topological polar surface area (TPSA) is 68.0 Å². The van der Waals surface area contributed by atoms with Gasteiger partial charge in [-0.25, -0.2) is 4.98 Å². The number of carbonyl (C=O) groups excluding carboxylic acids is 1. The van der Waals surface area contributed by atoms with E-state index in [1.807, 2.05) is 23.6 Å². The summed E-state index contributed by atoms with van der Waals surface area (Å²) in [7, 11) is 0. The van der Waals surface area contributed by atoms with E-state index >= 15 is 0 Å². The molecule has 4 nitrogen and oxygen atoms in total. The van der Waals surface area contributed by atoms with E-state index < -0.39 is 0 Å². The number of aromatic nitrogens is 1. The summed E-state index contributed by atoms with van der Waals surface area (Å²) >= 11 is 1.60. The standard InChI is InChI=1S/C19H21N3OS/c1-2-19-21-16(12-24-19)10-18(23)22-17(11-20)15-8-7-13-5-3-4-6-14(13)9-15/h3-9,12,17H,2,10-11,20H2,1H3,(H,22,23). The van der Waals surface area contributed by atoms with Crippen molar-refractivity contribution in [1.82, 2.24) is 10.3 Å². The van der Waals surface area contributed by atoms with Crippen LogP contribution in [0, 0.1) is 0 Å². The Kier molecular flexibility index (Phi) is 5.23. The molecule has 3 N–H and O–H groups in total. The molecule has 0 aliphatic rings. The average molecular weight is 339 g/mol. The fraction of sp³-hybridized carbons (Fsp3) is 0.263. The van der Waals surface area contributed by atoms with Crippen molar-refractivity contribution < 1.29 is 4.79 Å². The van der Waals surface area contributed by atoms with E-state index in [9.17, 15) is 4.79 Å². The molecule has 0 bridgehead atoms. The molecule has 124 valence electrons. The number of amides is 1. The van der Waals surface area contributed by atoms with Crippen molar-refractivity contribution in [3.05, 3.63) is 64.1 Å². The molecule has 0 fully saturated rings. The fourth-order valence-corrected chi connectivity index (χ4v) is 3.45. The van der Waals surface area contributed by atoms with Gasteiger partial charge in [-0.05, 0) is 28.8 Å². The van der Waals surface area contributed by atoms with Crippen molar-refractivity contribution in [2.45, 2.75) is 25.8 Å². The average Bonchev–Trinajstić information content (AvgIpc) is 3.06. The zero-order valence-corrected chi connectivity index (χ0v) is 14.5. The van der Waals surface area contributed by atoms with Gasteiger partial charge in [0.25, 0.3) is 0 Å². The van der Waals surface area contributed by atoms with E-state index in [1.54, 1.807) is 11.3 Å². The van der Waals surface area contributed by atoms with Gasteiger partial charge >= 0.3 is 0 Å². The number of hydrogen-bond acceptors (Lipinski definition) is 4. The Balaban J connectivity index is 1.71. The number of carbonyl (C=O) groups is 1. The minimum atomic E-state index is -0.189. The SMILES string of the molecule is CCc1nc(CC(=O)NC(CN)c2ccc3ccccc3c2)cs1. The van der Waals surface area contributed by atoms with E-state index in [4.69, 9.17) is 5.73 Å². The number of fused-ring (bicyclic) bond motifs is 1. The number of rotatable bonds is 6. The second-order valence-corrected chi connectivity index (χ2v) is 6.67. The molecule has 5 heteroatoms. The predicted molar refractivity (Wildman–Crippen MR) is 99.1 cm³/mol. The van der Waals surface area contributed by atoms with Gasteiger partial charge in [-0.15, -0.1) is 11.3 Å². The molecule has 1 amide bonds. The summed E-state index contributed by atoms with van der Waals surface area (Å²) in [5, 5.41) is 8.36. The molecule has 0 radical (unpaired) electrons. The van der Waals surface area contributed by atoms with Crippen LogP contribution in [0.15, 0.2) is 47.8 Å². The molecule has 3 rings (SSSR count). The van der Waals surface area contributed by atoms with Crippen LogP contribution in [0.2, 0.25) is 0 Å². The zero-order valence-electron chi connectivity index (χ0n) is 13.7. The molecule has 2 aromatic carbocycles. The normalized spacial score (nSPS) is 12.2. The molecule has 24 heavy (non-hydrogen) atoms. The zero-order chi connectivity index (χ0) is 16.9. The summed E-state index contributed by atoms with van der Waals surface area (Å²) in [6, 6.07) is 14.2. The second kappa shape index (κ2) is 7.55. The van der Waals surface area contributed by atoms with Gasteiger partial charge in [0.2, 0.25) is 5.91 Å². The van der Waals surface area contributed by atoms with Gasteiger partial charge in [-0.3, -0.25) is 4.79 Å². The van der Waals surface area contributed by atoms with E-state index in [0.29, 0.717) is 13.0 Å². The molecule has 0 spiro atoms. The minimum absolute atomic E-state index is 0.0495. The molecule has 3 aromatic rings. The Morgan fingerprint density at radius 3 is 2.75 bits per heavy atom. The highest BCUT2D eigenvalue weighted by Crippen LogP contribution is 2.20. The number of nitrogens with two attached hydrogens (primary N) is 1. The first-order valence-electron chi connectivity index (χ1n) is 8.11. The van der Waals surface area contributed by atoms with Gasteiger partial charge < -0.3 is 11.1 Å². The summed E-state index contributed by atoms with van der Waals surface area (Å²) < 4.78 is 0. The van der Waals surface area contributed by atoms with E-state index in [2.05, 4.69) is 41.5 Å². The first-order valence-corrected chi connectivity index (χ1v) is 8.99. The van der Waals surface area contributed by atoms with Crippen molar-refractivity contribution in [3.63, 3.8) is 0 Å². The lowest BCUT2D eigenvalue weighted by Crippen LogP contribution is -2.34. The van der Waals surface area contributed by atoms with Gasteiger partial charge in [-0.2, -0.15) is 0 Å². The summed E-state index contributed by atoms with van der Waals surface area (Å²) in [6.07, 6.45) is 1.19. The molecule has 0 aliphatic heterocycles. The minimum Gasteiger partial charge on any atom is -0.348 e. The van der Waals surface area contributed by atoms with Gasteiger partial charge in [0, 0.05) is 11.9 Å². The van der Waals surface area contributed by atoms with Crippen molar-refractivity contribution in [2.24, 2.45) is 5.73 Å². The van der Waals surface area contributed by atoms with Crippen LogP contribution in [0.5, 0.6) is 0 Å². The first-order chi connectivity index (χ1) is 11.7. The van der Waals surface area contributed by atoms with E-state index in [-0.39, 0.29) is 11.9 Å². The maximum atomic E-state index is 12.3. The number of nitrogens with one attached hydrogen (secondary N) is 1. The van der Waals surface area contributed by atoms with Crippen molar-refractivity contribution in [3.8, 4) is 0 Å². The molecular weight excluding hydrogens is 318 g/mol. The highest BCUT2D eigenvalue weighted by atomic mass is 32.1. The Morgan fingerprint density at radius 1 is 1.25 bits per heavy atom. The molecule has 0 saturated carbocycles. The largest absolute Gasteiger partial charge is 0.348 e. The fourth-order valence-electron chi connectivity index (χ4n) is 2.71. The summed E-state index contributed by atoms with van der Waals surface area (Å²) in [4.78, 5) is 16.8. The number of aryl methyl sites for hydroxylation is 1. The Bertz CT molecular complexity index is 843. The highest BCUT2D eigenvalue weighted by Gasteiger charge is 2.15. The van der Waals surface area contributed by atoms with Gasteiger partial charge in [-0.1, -0.05) is 43.3 Å². The number of hydrogen-bond donors (Lipinski definition) is 2. The van der Waals surface area contributed by atoms with Gasteiger partial charge in [0.05, 0.1) is 23.2 Å². The molecule has 0 saturated heterocycles. The monoisotopic (exact) mass is 339 g/mol. The third kappa shape index (κ3) is 3.80. The van der Waals surface area contributed by atoms with Crippen LogP contribution in [-0.4, -0.2) is 17.4 Å². The Morgan fingerprint density at radius 2 is 2.04 bits per heavy atom. The summed E-state index contributed by atoms with van der Waals surface area (Å²) in [6.45, 7) is 2.42. The van der Waals surface area contributed by atoms with Crippen LogP contribution < -0.4 is 11.1 Å². The Hall–Kier alpha value is -2.24. The van der Waals surface area contributed by atoms with Crippen molar-refractivity contribution in [1.29, 1.82) is 0 Å². The molecule has 1 aromatic heterocycles. The molecule has 1 unspecified atom stereocenters. The molecule has 1 atom stereocenters. The van der Waals surface area contributed by atoms with Crippen molar-refractivity contribution >= 4 is 28.0 Å². The highest BCUT2D eigenvalue weighted by molar-refractivity contribution is 7.09. The van der Waals surface area contributed by atoms with Crippen LogP contribution in [0.4, 0.5) is 0 Å². The summed E-state index contributed by atoms with van der Waals surface area (Å²) in [5.74, 6) is -0.0495. The third-order valence-corrected chi connectivity index (χ3v) is 5.03. The van der Waals surface area contributed by atoms with Gasteiger partial charge in [0.1, 0.15) is 0 Å². The van der Waals surface area contributed by atoms with Crippen LogP contribution in [0.3, 0.4) is 0 Å². The molecule has 0 aliphatic carbocycles. The lowest BCUT2D eigenvalue weighted by atomic mass is 10.0. The number of thiazole rings is 1. The van der Waals surface area contributed by atoms with Crippen LogP contribution in [0.25, 0.3) is 10.8 Å². The quantitative estimate of drug-likeness (QED) is 0.724. The lowest BCUT2D eigenvalue weighted by Gasteiger charge is -2.17. The van der Waals surface area contributed by atoms with Crippen LogP contribution in [0.1, 0.15) is 29.2 Å². The maximum Gasteiger partial charge on any atom is 0.226 e. The summed E-state index contributed by atoms with van der Waals surface area (Å²) in [5.41, 5.74) is 7.74. The third-order valence-electron chi connectivity index (χ3n) is 3.99. The second-order valence-electron chi connectivity index (χ2n) is 5.73. The van der Waals surface area contributed by atoms with Crippen LogP contribution >= 0.6 is 11.3 Å². The van der Waals surface area contributed by atoms with Crippen LogP contribution in [-0.2, 0) is 17.6 Å².